The topological polar surface area (TPSA) is 43.4 Å². The summed E-state index contributed by atoms with van der Waals surface area (Å²) in [7, 11) is 0. The fourth-order valence-electron chi connectivity index (χ4n) is 1.51. The Morgan fingerprint density at radius 1 is 1.62 bits per heavy atom. The van der Waals surface area contributed by atoms with Crippen molar-refractivity contribution in [1.82, 2.24) is 0 Å². The lowest BCUT2D eigenvalue weighted by Gasteiger charge is -2.22. The summed E-state index contributed by atoms with van der Waals surface area (Å²) >= 11 is 0. The van der Waals surface area contributed by atoms with Gasteiger partial charge in [0.2, 0.25) is 0 Å². The van der Waals surface area contributed by atoms with Gasteiger partial charge in [-0.3, -0.25) is 0 Å². The van der Waals surface area contributed by atoms with Gasteiger partial charge in [0.15, 0.2) is 0 Å². The molecule has 0 aromatic rings. The van der Waals surface area contributed by atoms with Crippen molar-refractivity contribution in [2.75, 3.05) is 0 Å². The van der Waals surface area contributed by atoms with Crippen LogP contribution in [0.25, 0.3) is 0 Å². The molecule has 0 fully saturated rings. The zero-order valence-electron chi connectivity index (χ0n) is 7.90. The smallest absolute Gasteiger partial charge is 0.331 e. The standard InChI is InChI=1S/C10H14O3/c1-7(2)8(5-6-11)9-3-4-10(12)13-9/h3-4,6-9H,5H2,1-2H3/t8-,9-/m0/s1. The van der Waals surface area contributed by atoms with Crippen LogP contribution in [0.15, 0.2) is 12.2 Å². The number of carbonyl (C=O) groups excluding carboxylic acids is 2. The van der Waals surface area contributed by atoms with Crippen LogP contribution in [-0.2, 0) is 14.3 Å². The van der Waals surface area contributed by atoms with E-state index in [0.717, 1.165) is 6.29 Å². The Bertz CT molecular complexity index is 230. The first-order chi connectivity index (χ1) is 6.15. The molecule has 0 aromatic carbocycles. The molecule has 0 saturated heterocycles. The van der Waals surface area contributed by atoms with Crippen LogP contribution in [0.1, 0.15) is 20.3 Å². The zero-order chi connectivity index (χ0) is 9.84. The molecule has 0 N–H and O–H groups in total. The van der Waals surface area contributed by atoms with Gasteiger partial charge >= 0.3 is 5.97 Å². The number of esters is 1. The summed E-state index contributed by atoms with van der Waals surface area (Å²) in [4.78, 5) is 21.2. The summed E-state index contributed by atoms with van der Waals surface area (Å²) in [6, 6.07) is 0. The molecule has 1 aliphatic heterocycles. The van der Waals surface area contributed by atoms with E-state index in [0.29, 0.717) is 12.3 Å². The Kier molecular flexibility index (Phi) is 3.23. The highest BCUT2D eigenvalue weighted by Gasteiger charge is 2.28. The molecular weight excluding hydrogens is 168 g/mol. The Morgan fingerprint density at radius 2 is 2.31 bits per heavy atom. The third-order valence-electron chi connectivity index (χ3n) is 2.32. The predicted molar refractivity (Wildman–Crippen MR) is 48.0 cm³/mol. The van der Waals surface area contributed by atoms with Crippen molar-refractivity contribution in [3.63, 3.8) is 0 Å². The molecule has 0 spiro atoms. The average Bonchev–Trinajstić information content (AvgIpc) is 2.46. The van der Waals surface area contributed by atoms with Crippen LogP contribution in [0.4, 0.5) is 0 Å². The molecule has 0 saturated carbocycles. The van der Waals surface area contributed by atoms with Crippen LogP contribution in [0, 0.1) is 11.8 Å². The maximum atomic E-state index is 10.8. The molecule has 0 radical (unpaired) electrons. The van der Waals surface area contributed by atoms with Gasteiger partial charge in [0.1, 0.15) is 12.4 Å². The monoisotopic (exact) mass is 182 g/mol. The number of carbonyl (C=O) groups is 2. The van der Waals surface area contributed by atoms with Crippen molar-refractivity contribution in [3.8, 4) is 0 Å². The van der Waals surface area contributed by atoms with Gasteiger partial charge < -0.3 is 9.53 Å². The molecular formula is C10H14O3. The fraction of sp³-hybridized carbons (Fsp3) is 0.600. The Balaban J connectivity index is 2.60. The average molecular weight is 182 g/mol. The van der Waals surface area contributed by atoms with Crippen molar-refractivity contribution < 1.29 is 14.3 Å². The third-order valence-corrected chi connectivity index (χ3v) is 2.32. The molecule has 0 aliphatic carbocycles. The lowest BCUT2D eigenvalue weighted by atomic mass is 9.88. The Hall–Kier alpha value is -1.12. The van der Waals surface area contributed by atoms with Crippen molar-refractivity contribution in [2.45, 2.75) is 26.4 Å². The van der Waals surface area contributed by atoms with Gasteiger partial charge in [-0.05, 0) is 12.0 Å². The normalized spacial score (nSPS) is 23.3. The third kappa shape index (κ3) is 2.41. The second kappa shape index (κ2) is 4.21. The van der Waals surface area contributed by atoms with Gasteiger partial charge in [0.25, 0.3) is 0 Å². The number of hydrogen-bond acceptors (Lipinski definition) is 3. The van der Waals surface area contributed by atoms with Gasteiger partial charge in [-0.25, -0.2) is 4.79 Å². The lowest BCUT2D eigenvalue weighted by Crippen LogP contribution is -2.25. The first-order valence-corrected chi connectivity index (χ1v) is 4.47. The van der Waals surface area contributed by atoms with E-state index < -0.39 is 0 Å². The second-order valence-corrected chi connectivity index (χ2v) is 3.57. The molecule has 13 heavy (non-hydrogen) atoms. The molecule has 0 amide bonds. The molecule has 3 nitrogen and oxygen atoms in total. The first kappa shape index (κ1) is 9.96. The Labute approximate surface area is 77.8 Å². The summed E-state index contributed by atoms with van der Waals surface area (Å²) in [5.74, 6) is 0.146. The van der Waals surface area contributed by atoms with Crippen LogP contribution in [0.5, 0.6) is 0 Å². The van der Waals surface area contributed by atoms with Crippen LogP contribution < -0.4 is 0 Å². The fourth-order valence-corrected chi connectivity index (χ4v) is 1.51. The van der Waals surface area contributed by atoms with Gasteiger partial charge in [0, 0.05) is 18.4 Å². The number of aldehydes is 1. The summed E-state index contributed by atoms with van der Waals surface area (Å²) < 4.78 is 5.03. The van der Waals surface area contributed by atoms with Gasteiger partial charge in [-0.2, -0.15) is 0 Å². The maximum Gasteiger partial charge on any atom is 0.331 e. The van der Waals surface area contributed by atoms with Crippen LogP contribution in [0.3, 0.4) is 0 Å². The van der Waals surface area contributed by atoms with E-state index in [1.807, 2.05) is 13.8 Å². The minimum atomic E-state index is -0.304. The van der Waals surface area contributed by atoms with Crippen molar-refractivity contribution in [2.24, 2.45) is 11.8 Å². The van der Waals surface area contributed by atoms with Crippen LogP contribution in [-0.4, -0.2) is 18.4 Å². The van der Waals surface area contributed by atoms with Crippen molar-refractivity contribution in [3.05, 3.63) is 12.2 Å². The predicted octanol–water partition coefficient (Wildman–Crippen LogP) is 1.33. The van der Waals surface area contributed by atoms with Gasteiger partial charge in [0.05, 0.1) is 0 Å². The van der Waals surface area contributed by atoms with Gasteiger partial charge in [-0.15, -0.1) is 0 Å². The molecule has 0 bridgehead atoms. The minimum absolute atomic E-state index is 0.111. The summed E-state index contributed by atoms with van der Waals surface area (Å²) in [6.45, 7) is 4.04. The quantitative estimate of drug-likeness (QED) is 0.486. The van der Waals surface area contributed by atoms with E-state index in [1.54, 1.807) is 6.08 Å². The molecule has 72 valence electrons. The Morgan fingerprint density at radius 3 is 2.69 bits per heavy atom. The van der Waals surface area contributed by atoms with E-state index in [1.165, 1.54) is 6.08 Å². The summed E-state index contributed by atoms with van der Waals surface area (Å²) in [5.41, 5.74) is 0. The SMILES string of the molecule is CC(C)[C@H](CC=O)[C@@H]1C=CC(=O)O1. The number of hydrogen-bond donors (Lipinski definition) is 0. The van der Waals surface area contributed by atoms with E-state index >= 15 is 0 Å². The van der Waals surface area contributed by atoms with Crippen molar-refractivity contribution >= 4 is 12.3 Å². The van der Waals surface area contributed by atoms with Crippen LogP contribution >= 0.6 is 0 Å². The second-order valence-electron chi connectivity index (χ2n) is 3.57. The lowest BCUT2D eigenvalue weighted by molar-refractivity contribution is -0.141. The molecule has 0 aromatic heterocycles. The summed E-state index contributed by atoms with van der Waals surface area (Å²) in [5, 5.41) is 0. The van der Waals surface area contributed by atoms with E-state index in [9.17, 15) is 9.59 Å². The highest BCUT2D eigenvalue weighted by Crippen LogP contribution is 2.24. The number of ether oxygens (including phenoxy) is 1. The highest BCUT2D eigenvalue weighted by molar-refractivity contribution is 5.84. The molecule has 1 heterocycles. The van der Waals surface area contributed by atoms with Crippen molar-refractivity contribution in [1.29, 1.82) is 0 Å². The number of rotatable bonds is 4. The summed E-state index contributed by atoms with van der Waals surface area (Å²) in [6.07, 6.45) is 4.27. The first-order valence-electron chi connectivity index (χ1n) is 4.47. The highest BCUT2D eigenvalue weighted by atomic mass is 16.5. The molecule has 3 heteroatoms. The molecule has 1 rings (SSSR count). The molecule has 0 unspecified atom stereocenters. The van der Waals surface area contributed by atoms with E-state index in [-0.39, 0.29) is 18.0 Å². The van der Waals surface area contributed by atoms with E-state index in [2.05, 4.69) is 0 Å². The number of cyclic esters (lactones) is 1. The zero-order valence-corrected chi connectivity index (χ0v) is 7.90. The minimum Gasteiger partial charge on any atom is -0.455 e. The molecule has 2 atom stereocenters. The largest absolute Gasteiger partial charge is 0.455 e. The van der Waals surface area contributed by atoms with E-state index in [4.69, 9.17) is 4.74 Å². The van der Waals surface area contributed by atoms with Gasteiger partial charge in [-0.1, -0.05) is 13.8 Å². The molecule has 1 aliphatic rings. The van der Waals surface area contributed by atoms with Crippen LogP contribution in [0.2, 0.25) is 0 Å². The maximum absolute atomic E-state index is 10.8.